The summed E-state index contributed by atoms with van der Waals surface area (Å²) in [5.41, 5.74) is 1.07. The standard InChI is InChI=1S/C19H24N2O3S/c1-2-11-20-12-13-21-19(22)17-8-6-7-16(14-17)15-25(23,24)18-9-4-3-5-10-18/h3-10,14,20H,2,11-13,15H2,1H3,(H,21,22). The molecule has 0 fully saturated rings. The second kappa shape index (κ2) is 9.34. The Balaban J connectivity index is 2.00. The van der Waals surface area contributed by atoms with Crippen LogP contribution in [0.25, 0.3) is 0 Å². The van der Waals surface area contributed by atoms with Gasteiger partial charge in [-0.2, -0.15) is 0 Å². The normalized spacial score (nSPS) is 11.2. The fourth-order valence-corrected chi connectivity index (χ4v) is 3.76. The number of hydrogen-bond acceptors (Lipinski definition) is 4. The Morgan fingerprint density at radius 1 is 0.960 bits per heavy atom. The smallest absolute Gasteiger partial charge is 0.251 e. The molecule has 5 nitrogen and oxygen atoms in total. The maximum atomic E-state index is 12.4. The average Bonchev–Trinajstić information content (AvgIpc) is 2.62. The van der Waals surface area contributed by atoms with Crippen molar-refractivity contribution in [1.29, 1.82) is 0 Å². The van der Waals surface area contributed by atoms with E-state index in [-0.39, 0.29) is 16.6 Å². The molecular formula is C19H24N2O3S. The van der Waals surface area contributed by atoms with Crippen LogP contribution in [0.4, 0.5) is 0 Å². The molecule has 2 aromatic rings. The molecule has 0 aliphatic rings. The zero-order chi connectivity index (χ0) is 18.1. The molecule has 25 heavy (non-hydrogen) atoms. The van der Waals surface area contributed by atoms with Crippen LogP contribution in [0.5, 0.6) is 0 Å². The third-order valence-electron chi connectivity index (χ3n) is 3.66. The average molecular weight is 360 g/mol. The maximum absolute atomic E-state index is 12.4. The molecule has 1 amide bonds. The van der Waals surface area contributed by atoms with Crippen molar-refractivity contribution in [3.05, 3.63) is 65.7 Å². The first-order valence-electron chi connectivity index (χ1n) is 8.38. The van der Waals surface area contributed by atoms with Crippen molar-refractivity contribution in [3.8, 4) is 0 Å². The number of carbonyl (C=O) groups excluding carboxylic acids is 1. The van der Waals surface area contributed by atoms with Crippen molar-refractivity contribution in [2.75, 3.05) is 19.6 Å². The van der Waals surface area contributed by atoms with Crippen molar-refractivity contribution in [3.63, 3.8) is 0 Å². The molecule has 2 N–H and O–H groups in total. The van der Waals surface area contributed by atoms with Gasteiger partial charge in [-0.25, -0.2) is 8.42 Å². The molecule has 0 aromatic heterocycles. The molecule has 0 unspecified atom stereocenters. The summed E-state index contributed by atoms with van der Waals surface area (Å²) in [6, 6.07) is 15.1. The summed E-state index contributed by atoms with van der Waals surface area (Å²) in [6.07, 6.45) is 1.05. The van der Waals surface area contributed by atoms with Crippen molar-refractivity contribution in [2.24, 2.45) is 0 Å². The number of amides is 1. The highest BCUT2D eigenvalue weighted by Crippen LogP contribution is 2.17. The topological polar surface area (TPSA) is 75.3 Å². The fraction of sp³-hybridized carbons (Fsp3) is 0.316. The van der Waals surface area contributed by atoms with E-state index < -0.39 is 9.84 Å². The van der Waals surface area contributed by atoms with Crippen LogP contribution in [0.2, 0.25) is 0 Å². The Morgan fingerprint density at radius 2 is 1.72 bits per heavy atom. The minimum atomic E-state index is -3.42. The lowest BCUT2D eigenvalue weighted by molar-refractivity contribution is 0.0954. The molecule has 6 heteroatoms. The minimum Gasteiger partial charge on any atom is -0.351 e. The Bertz CT molecular complexity index is 789. The zero-order valence-electron chi connectivity index (χ0n) is 14.4. The van der Waals surface area contributed by atoms with Gasteiger partial charge in [-0.15, -0.1) is 0 Å². The summed E-state index contributed by atoms with van der Waals surface area (Å²) in [7, 11) is -3.42. The minimum absolute atomic E-state index is 0.129. The van der Waals surface area contributed by atoms with Gasteiger partial charge in [0.2, 0.25) is 0 Å². The molecule has 0 heterocycles. The van der Waals surface area contributed by atoms with Crippen molar-refractivity contribution in [1.82, 2.24) is 10.6 Å². The molecule has 0 aliphatic heterocycles. The van der Waals surface area contributed by atoms with Gasteiger partial charge >= 0.3 is 0 Å². The molecule has 134 valence electrons. The Labute approximate surface area is 149 Å². The number of carbonyl (C=O) groups is 1. The Morgan fingerprint density at radius 3 is 2.44 bits per heavy atom. The first kappa shape index (κ1) is 19.1. The SMILES string of the molecule is CCCNCCNC(=O)c1cccc(CS(=O)(=O)c2ccccc2)c1. The van der Waals surface area contributed by atoms with Crippen LogP contribution in [0.15, 0.2) is 59.5 Å². The van der Waals surface area contributed by atoms with Crippen molar-refractivity contribution >= 4 is 15.7 Å². The van der Waals surface area contributed by atoms with E-state index in [1.807, 2.05) is 0 Å². The predicted octanol–water partition coefficient (Wildman–Crippen LogP) is 2.39. The fourth-order valence-electron chi connectivity index (χ4n) is 2.40. The third kappa shape index (κ3) is 5.99. The second-order valence-corrected chi connectivity index (χ2v) is 7.77. The highest BCUT2D eigenvalue weighted by molar-refractivity contribution is 7.90. The molecule has 0 saturated carbocycles. The lowest BCUT2D eigenvalue weighted by Crippen LogP contribution is -2.32. The number of nitrogens with one attached hydrogen (secondary N) is 2. The quantitative estimate of drug-likeness (QED) is 0.673. The van der Waals surface area contributed by atoms with Crippen LogP contribution < -0.4 is 10.6 Å². The summed E-state index contributed by atoms with van der Waals surface area (Å²) in [4.78, 5) is 12.5. The van der Waals surface area contributed by atoms with Gasteiger partial charge in [0.25, 0.3) is 5.91 Å². The van der Waals surface area contributed by atoms with E-state index in [0.717, 1.165) is 13.0 Å². The van der Waals surface area contributed by atoms with Crippen LogP contribution in [-0.2, 0) is 15.6 Å². The Kier molecular flexibility index (Phi) is 7.16. The van der Waals surface area contributed by atoms with Crippen LogP contribution in [0.3, 0.4) is 0 Å². The van der Waals surface area contributed by atoms with E-state index in [1.54, 1.807) is 54.6 Å². The molecule has 0 radical (unpaired) electrons. The summed E-state index contributed by atoms with van der Waals surface area (Å²) in [5.74, 6) is -0.326. The summed E-state index contributed by atoms with van der Waals surface area (Å²) < 4.78 is 24.9. The van der Waals surface area contributed by atoms with Gasteiger partial charge in [0, 0.05) is 18.7 Å². The van der Waals surface area contributed by atoms with Gasteiger partial charge in [0.05, 0.1) is 10.6 Å². The highest BCUT2D eigenvalue weighted by atomic mass is 32.2. The summed E-state index contributed by atoms with van der Waals surface area (Å²) >= 11 is 0. The van der Waals surface area contributed by atoms with Gasteiger partial charge in [-0.05, 0) is 42.8 Å². The van der Waals surface area contributed by atoms with Gasteiger partial charge < -0.3 is 10.6 Å². The van der Waals surface area contributed by atoms with E-state index in [2.05, 4.69) is 17.6 Å². The molecular weight excluding hydrogens is 336 g/mol. The molecule has 2 rings (SSSR count). The van der Waals surface area contributed by atoms with Crippen molar-refractivity contribution in [2.45, 2.75) is 24.0 Å². The Hall–Kier alpha value is -2.18. The van der Waals surface area contributed by atoms with Crippen LogP contribution in [0, 0.1) is 0 Å². The number of benzene rings is 2. The van der Waals surface area contributed by atoms with Crippen LogP contribution in [-0.4, -0.2) is 34.0 Å². The largest absolute Gasteiger partial charge is 0.351 e. The third-order valence-corrected chi connectivity index (χ3v) is 5.37. The number of rotatable bonds is 9. The van der Waals surface area contributed by atoms with E-state index >= 15 is 0 Å². The monoisotopic (exact) mass is 360 g/mol. The summed E-state index contributed by atoms with van der Waals surface area (Å²) in [6.45, 7) is 4.25. The maximum Gasteiger partial charge on any atom is 0.251 e. The van der Waals surface area contributed by atoms with Gasteiger partial charge in [-0.3, -0.25) is 4.79 Å². The molecule has 0 atom stereocenters. The van der Waals surface area contributed by atoms with Crippen LogP contribution >= 0.6 is 0 Å². The molecule has 0 spiro atoms. The van der Waals surface area contributed by atoms with Gasteiger partial charge in [-0.1, -0.05) is 37.3 Å². The summed E-state index contributed by atoms with van der Waals surface area (Å²) in [5, 5.41) is 6.04. The van der Waals surface area contributed by atoms with E-state index in [1.165, 1.54) is 0 Å². The first-order chi connectivity index (χ1) is 12.0. The lowest BCUT2D eigenvalue weighted by Gasteiger charge is -2.08. The van der Waals surface area contributed by atoms with Gasteiger partial charge in [0.1, 0.15) is 0 Å². The molecule has 0 bridgehead atoms. The molecule has 2 aromatic carbocycles. The number of hydrogen-bond donors (Lipinski definition) is 2. The van der Waals surface area contributed by atoms with E-state index in [4.69, 9.17) is 0 Å². The lowest BCUT2D eigenvalue weighted by atomic mass is 10.1. The van der Waals surface area contributed by atoms with Crippen molar-refractivity contribution < 1.29 is 13.2 Å². The van der Waals surface area contributed by atoms with E-state index in [0.29, 0.717) is 24.2 Å². The van der Waals surface area contributed by atoms with Gasteiger partial charge in [0.15, 0.2) is 9.84 Å². The molecule has 0 saturated heterocycles. The molecule has 0 aliphatic carbocycles. The predicted molar refractivity (Wildman–Crippen MR) is 99.3 cm³/mol. The highest BCUT2D eigenvalue weighted by Gasteiger charge is 2.15. The number of sulfone groups is 1. The second-order valence-electron chi connectivity index (χ2n) is 5.78. The zero-order valence-corrected chi connectivity index (χ0v) is 15.2. The first-order valence-corrected chi connectivity index (χ1v) is 10.0. The van der Waals surface area contributed by atoms with E-state index in [9.17, 15) is 13.2 Å². The van der Waals surface area contributed by atoms with Crippen LogP contribution in [0.1, 0.15) is 29.3 Å².